The lowest BCUT2D eigenvalue weighted by Crippen LogP contribution is -2.41. The zero-order valence-electron chi connectivity index (χ0n) is 17.8. The summed E-state index contributed by atoms with van der Waals surface area (Å²) in [5.41, 5.74) is 1.81. The summed E-state index contributed by atoms with van der Waals surface area (Å²) >= 11 is 0. The molecule has 1 N–H and O–H groups in total. The van der Waals surface area contributed by atoms with Crippen LogP contribution >= 0.6 is 0 Å². The van der Waals surface area contributed by atoms with Gasteiger partial charge in [-0.3, -0.25) is 9.69 Å². The third-order valence-electron chi connectivity index (χ3n) is 6.09. The number of hydrogen-bond donors (Lipinski definition) is 1. The van der Waals surface area contributed by atoms with Crippen molar-refractivity contribution in [2.24, 2.45) is 0 Å². The summed E-state index contributed by atoms with van der Waals surface area (Å²) < 4.78 is 17.7. The molecule has 0 unspecified atom stereocenters. The zero-order chi connectivity index (χ0) is 20.4. The first-order valence-corrected chi connectivity index (χ1v) is 10.2. The topological polar surface area (TPSA) is 60.0 Å². The van der Waals surface area contributed by atoms with E-state index in [0.717, 1.165) is 50.3 Å². The Bertz CT molecular complexity index is 686. The Morgan fingerprint density at radius 2 is 1.79 bits per heavy atom. The number of ether oxygens (including phenoxy) is 1. The molecule has 0 bridgehead atoms. The van der Waals surface area contributed by atoms with Crippen LogP contribution < -0.4 is 10.8 Å². The lowest BCUT2D eigenvalue weighted by atomic mass is 9.75. The van der Waals surface area contributed by atoms with Crippen LogP contribution in [0.2, 0.25) is 0 Å². The lowest BCUT2D eigenvalue weighted by molar-refractivity contribution is 0.00578. The summed E-state index contributed by atoms with van der Waals surface area (Å²) in [6.45, 7) is 15.4. The van der Waals surface area contributed by atoms with Gasteiger partial charge in [-0.25, -0.2) is 0 Å². The minimum Gasteiger partial charge on any atom is -0.399 e. The van der Waals surface area contributed by atoms with E-state index in [1.54, 1.807) is 0 Å². The second kappa shape index (κ2) is 8.53. The number of carbonyl (C=O) groups is 1. The van der Waals surface area contributed by atoms with Crippen molar-refractivity contribution in [3.05, 3.63) is 29.3 Å². The molecule has 2 fully saturated rings. The Labute approximate surface area is 169 Å². The molecule has 0 aromatic heterocycles. The van der Waals surface area contributed by atoms with Crippen molar-refractivity contribution >= 4 is 18.5 Å². The van der Waals surface area contributed by atoms with Gasteiger partial charge in [-0.15, -0.1) is 0 Å². The standard InChI is InChI=1S/C21H33BN2O4/c1-16-7-8-17(15-18(16)22-27-20(2,3)21(4,5)28-22)19(25)23-9-6-10-24-11-13-26-14-12-24/h7-8,15H,6,9-14H2,1-5H3,(H,23,25). The summed E-state index contributed by atoms with van der Waals surface area (Å²) in [7, 11) is -0.459. The highest BCUT2D eigenvalue weighted by atomic mass is 16.7. The highest BCUT2D eigenvalue weighted by molar-refractivity contribution is 6.62. The fourth-order valence-electron chi connectivity index (χ4n) is 3.44. The van der Waals surface area contributed by atoms with Gasteiger partial charge in [-0.1, -0.05) is 11.6 Å². The van der Waals surface area contributed by atoms with Crippen molar-refractivity contribution < 1.29 is 18.8 Å². The summed E-state index contributed by atoms with van der Waals surface area (Å²) in [4.78, 5) is 15.0. The molecular formula is C21H33BN2O4. The number of rotatable bonds is 6. The molecule has 2 aliphatic rings. The molecule has 0 radical (unpaired) electrons. The SMILES string of the molecule is Cc1ccc(C(=O)NCCCN2CCOCC2)cc1B1OC(C)(C)C(C)(C)O1. The van der Waals surface area contributed by atoms with Crippen LogP contribution in [0.25, 0.3) is 0 Å². The van der Waals surface area contributed by atoms with E-state index in [9.17, 15) is 4.79 Å². The average Bonchev–Trinajstić information content (AvgIpc) is 2.87. The molecule has 2 saturated heterocycles. The number of amides is 1. The van der Waals surface area contributed by atoms with Crippen LogP contribution in [0.5, 0.6) is 0 Å². The highest BCUT2D eigenvalue weighted by Crippen LogP contribution is 2.36. The van der Waals surface area contributed by atoms with Gasteiger partial charge < -0.3 is 19.4 Å². The molecule has 2 heterocycles. The minimum absolute atomic E-state index is 0.0558. The van der Waals surface area contributed by atoms with Gasteiger partial charge in [0, 0.05) is 25.2 Å². The van der Waals surface area contributed by atoms with E-state index in [1.165, 1.54) is 0 Å². The van der Waals surface area contributed by atoms with E-state index < -0.39 is 18.3 Å². The highest BCUT2D eigenvalue weighted by Gasteiger charge is 2.52. The number of carbonyl (C=O) groups excluding carboxylic acids is 1. The van der Waals surface area contributed by atoms with Crippen molar-refractivity contribution in [3.63, 3.8) is 0 Å². The second-order valence-electron chi connectivity index (χ2n) is 8.72. The lowest BCUT2D eigenvalue weighted by Gasteiger charge is -2.32. The van der Waals surface area contributed by atoms with E-state index in [4.69, 9.17) is 14.0 Å². The molecule has 0 aliphatic carbocycles. The maximum atomic E-state index is 12.6. The quantitative estimate of drug-likeness (QED) is 0.594. The van der Waals surface area contributed by atoms with E-state index >= 15 is 0 Å². The Hall–Kier alpha value is -1.41. The predicted molar refractivity (Wildman–Crippen MR) is 111 cm³/mol. The molecule has 2 aliphatic heterocycles. The van der Waals surface area contributed by atoms with Crippen LogP contribution in [0, 0.1) is 6.92 Å². The zero-order valence-corrected chi connectivity index (χ0v) is 17.8. The molecule has 0 atom stereocenters. The smallest absolute Gasteiger partial charge is 0.399 e. The number of aryl methyl sites for hydroxylation is 1. The number of benzene rings is 1. The number of nitrogens with one attached hydrogen (secondary N) is 1. The Morgan fingerprint density at radius 3 is 2.43 bits per heavy atom. The van der Waals surface area contributed by atoms with Gasteiger partial charge >= 0.3 is 7.12 Å². The molecule has 0 spiro atoms. The largest absolute Gasteiger partial charge is 0.495 e. The third-order valence-corrected chi connectivity index (χ3v) is 6.09. The number of nitrogens with zero attached hydrogens (tertiary/aromatic N) is 1. The summed E-state index contributed by atoms with van der Waals surface area (Å²) in [5.74, 6) is -0.0558. The third kappa shape index (κ3) is 4.77. The minimum atomic E-state index is -0.459. The van der Waals surface area contributed by atoms with Crippen molar-refractivity contribution in [1.82, 2.24) is 10.2 Å². The van der Waals surface area contributed by atoms with Gasteiger partial charge in [0.05, 0.1) is 24.4 Å². The molecule has 3 rings (SSSR count). The van der Waals surface area contributed by atoms with Crippen LogP contribution in [-0.4, -0.2) is 68.5 Å². The molecule has 28 heavy (non-hydrogen) atoms. The number of morpholine rings is 1. The fourth-order valence-corrected chi connectivity index (χ4v) is 3.44. The van der Waals surface area contributed by atoms with Crippen LogP contribution in [-0.2, 0) is 14.0 Å². The van der Waals surface area contributed by atoms with Gasteiger partial charge in [0.1, 0.15) is 0 Å². The molecule has 6 nitrogen and oxygen atoms in total. The van der Waals surface area contributed by atoms with Crippen LogP contribution in [0.3, 0.4) is 0 Å². The predicted octanol–water partition coefficient (Wildman–Crippen LogP) is 1.75. The molecular weight excluding hydrogens is 355 g/mol. The normalized spacial score (nSPS) is 21.7. The van der Waals surface area contributed by atoms with E-state index in [-0.39, 0.29) is 5.91 Å². The van der Waals surface area contributed by atoms with Crippen LogP contribution in [0.4, 0.5) is 0 Å². The summed E-state index contributed by atoms with van der Waals surface area (Å²) in [5, 5.41) is 3.03. The average molecular weight is 388 g/mol. The Morgan fingerprint density at radius 1 is 1.14 bits per heavy atom. The molecule has 0 saturated carbocycles. The molecule has 1 amide bonds. The first-order valence-electron chi connectivity index (χ1n) is 10.2. The van der Waals surface area contributed by atoms with Crippen LogP contribution in [0.15, 0.2) is 18.2 Å². The van der Waals surface area contributed by atoms with E-state index in [0.29, 0.717) is 12.1 Å². The fraction of sp³-hybridized carbons (Fsp3) is 0.667. The monoisotopic (exact) mass is 388 g/mol. The van der Waals surface area contributed by atoms with Crippen molar-refractivity contribution in [2.45, 2.75) is 52.2 Å². The molecule has 7 heteroatoms. The molecule has 1 aromatic rings. The van der Waals surface area contributed by atoms with Gasteiger partial charge in [0.2, 0.25) is 0 Å². The van der Waals surface area contributed by atoms with Gasteiger partial charge in [0.25, 0.3) is 5.91 Å². The Balaban J connectivity index is 1.57. The van der Waals surface area contributed by atoms with Crippen molar-refractivity contribution in [1.29, 1.82) is 0 Å². The maximum absolute atomic E-state index is 12.6. The van der Waals surface area contributed by atoms with Crippen molar-refractivity contribution in [3.8, 4) is 0 Å². The molecule has 154 valence electrons. The molecule has 1 aromatic carbocycles. The first-order chi connectivity index (χ1) is 13.2. The number of hydrogen-bond acceptors (Lipinski definition) is 5. The Kier molecular flexibility index (Phi) is 6.49. The van der Waals surface area contributed by atoms with Crippen molar-refractivity contribution in [2.75, 3.05) is 39.4 Å². The maximum Gasteiger partial charge on any atom is 0.495 e. The van der Waals surface area contributed by atoms with E-state index in [1.807, 2.05) is 52.8 Å². The second-order valence-corrected chi connectivity index (χ2v) is 8.72. The van der Waals surface area contributed by atoms with Gasteiger partial charge in [0.15, 0.2) is 0 Å². The summed E-state index contributed by atoms with van der Waals surface area (Å²) in [6, 6.07) is 5.72. The summed E-state index contributed by atoms with van der Waals surface area (Å²) in [6.07, 6.45) is 0.932. The van der Waals surface area contributed by atoms with Gasteiger partial charge in [-0.2, -0.15) is 0 Å². The van der Waals surface area contributed by atoms with Gasteiger partial charge in [-0.05, 0) is 65.2 Å². The van der Waals surface area contributed by atoms with Crippen LogP contribution in [0.1, 0.15) is 50.0 Å². The van der Waals surface area contributed by atoms with E-state index in [2.05, 4.69) is 10.2 Å². The first kappa shape index (κ1) is 21.3.